The number of hydrogen-bond acceptors (Lipinski definition) is 6. The maximum Gasteiger partial charge on any atom is 0.252 e. The minimum atomic E-state index is -0.670. The number of nitrogens with zero attached hydrogens (tertiary/aromatic N) is 2. The van der Waals surface area contributed by atoms with Gasteiger partial charge < -0.3 is 15.2 Å². The summed E-state index contributed by atoms with van der Waals surface area (Å²) in [5.74, 6) is 0.293. The van der Waals surface area contributed by atoms with Crippen LogP contribution in [0.2, 0.25) is 0 Å². The van der Waals surface area contributed by atoms with Gasteiger partial charge in [-0.1, -0.05) is 37.1 Å². The third kappa shape index (κ3) is 3.96. The first-order chi connectivity index (χ1) is 12.1. The predicted octanol–water partition coefficient (Wildman–Crippen LogP) is 2.38. The molecule has 3 rings (SSSR count). The lowest BCUT2D eigenvalue weighted by Gasteiger charge is -2.34. The summed E-state index contributed by atoms with van der Waals surface area (Å²) in [5.41, 5.74) is -0.670. The summed E-state index contributed by atoms with van der Waals surface area (Å²) in [7, 11) is 0. The van der Waals surface area contributed by atoms with E-state index in [1.807, 2.05) is 17.5 Å². The number of aromatic nitrogens is 2. The molecule has 0 aromatic carbocycles. The fraction of sp³-hybridized carbons (Fsp3) is 0.412. The Morgan fingerprint density at radius 1 is 1.36 bits per heavy atom. The summed E-state index contributed by atoms with van der Waals surface area (Å²) < 4.78 is 5.51. The van der Waals surface area contributed by atoms with Crippen molar-refractivity contribution in [2.75, 3.05) is 6.54 Å². The number of rotatable bonds is 6. The second kappa shape index (κ2) is 7.60. The molecule has 2 aromatic rings. The van der Waals surface area contributed by atoms with Crippen LogP contribution in [-0.4, -0.2) is 28.5 Å². The third-order valence-corrected chi connectivity index (χ3v) is 5.14. The van der Waals surface area contributed by atoms with Crippen LogP contribution in [-0.2, 0) is 15.1 Å². The highest BCUT2D eigenvalue weighted by molar-refractivity contribution is 7.13. The third-order valence-electron chi connectivity index (χ3n) is 4.27. The summed E-state index contributed by atoms with van der Waals surface area (Å²) in [5, 5.41) is 11.5. The summed E-state index contributed by atoms with van der Waals surface area (Å²) in [6.45, 7) is 3.25. The summed E-state index contributed by atoms with van der Waals surface area (Å²) >= 11 is 1.53. The lowest BCUT2D eigenvalue weighted by Crippen LogP contribution is -2.50. The SMILES string of the molecule is C=CC(=O)NCC(=O)NC1(c2nc(-c3cccs3)no2)CCCCC1. The van der Waals surface area contributed by atoms with E-state index in [1.54, 1.807) is 0 Å². The Balaban J connectivity index is 1.78. The van der Waals surface area contributed by atoms with Crippen LogP contribution in [0.15, 0.2) is 34.7 Å². The van der Waals surface area contributed by atoms with Crippen molar-refractivity contribution in [3.05, 3.63) is 36.1 Å². The first-order valence-electron chi connectivity index (χ1n) is 8.22. The monoisotopic (exact) mass is 360 g/mol. The molecule has 2 heterocycles. The molecule has 2 aromatic heterocycles. The molecule has 0 radical (unpaired) electrons. The van der Waals surface area contributed by atoms with Crippen molar-refractivity contribution in [1.29, 1.82) is 0 Å². The van der Waals surface area contributed by atoms with E-state index in [0.717, 1.165) is 43.1 Å². The second-order valence-corrected chi connectivity index (χ2v) is 6.96. The van der Waals surface area contributed by atoms with E-state index in [4.69, 9.17) is 4.52 Å². The fourth-order valence-corrected chi connectivity index (χ4v) is 3.67. The zero-order valence-corrected chi connectivity index (χ0v) is 14.6. The van der Waals surface area contributed by atoms with Crippen LogP contribution < -0.4 is 10.6 Å². The number of hydrogen-bond donors (Lipinski definition) is 2. The Hall–Kier alpha value is -2.48. The van der Waals surface area contributed by atoms with Crippen molar-refractivity contribution in [3.8, 4) is 10.7 Å². The zero-order valence-electron chi connectivity index (χ0n) is 13.8. The Morgan fingerprint density at radius 2 is 2.16 bits per heavy atom. The molecule has 2 N–H and O–H groups in total. The van der Waals surface area contributed by atoms with Crippen molar-refractivity contribution in [3.63, 3.8) is 0 Å². The number of thiophene rings is 1. The minimum Gasteiger partial charge on any atom is -0.344 e. The largest absolute Gasteiger partial charge is 0.344 e. The van der Waals surface area contributed by atoms with Gasteiger partial charge in [-0.2, -0.15) is 4.98 Å². The maximum absolute atomic E-state index is 12.3. The van der Waals surface area contributed by atoms with Gasteiger partial charge in [0.25, 0.3) is 5.89 Å². The van der Waals surface area contributed by atoms with E-state index in [0.29, 0.717) is 11.7 Å². The molecule has 1 fully saturated rings. The van der Waals surface area contributed by atoms with E-state index >= 15 is 0 Å². The van der Waals surface area contributed by atoms with Gasteiger partial charge in [0.1, 0.15) is 5.54 Å². The molecule has 2 amide bonds. The molecule has 7 nitrogen and oxygen atoms in total. The smallest absolute Gasteiger partial charge is 0.252 e. The fourth-order valence-electron chi connectivity index (χ4n) is 3.02. The van der Waals surface area contributed by atoms with Crippen LogP contribution in [0.25, 0.3) is 10.7 Å². The van der Waals surface area contributed by atoms with Gasteiger partial charge in [-0.15, -0.1) is 11.3 Å². The Kier molecular flexibility index (Phi) is 5.28. The van der Waals surface area contributed by atoms with Crippen LogP contribution in [0.3, 0.4) is 0 Å². The Labute approximate surface area is 149 Å². The van der Waals surface area contributed by atoms with Crippen LogP contribution in [0.5, 0.6) is 0 Å². The van der Waals surface area contributed by atoms with Gasteiger partial charge in [-0.05, 0) is 30.4 Å². The number of nitrogens with one attached hydrogen (secondary N) is 2. The average Bonchev–Trinajstić information content (AvgIpc) is 3.31. The molecular weight excluding hydrogens is 340 g/mol. The molecule has 1 saturated carbocycles. The standard InChI is InChI=1S/C17H20N4O3S/c1-2-13(22)18-11-14(23)20-17(8-4-3-5-9-17)16-19-15(21-24-16)12-7-6-10-25-12/h2,6-7,10H,1,3-5,8-9,11H2,(H,18,22)(H,20,23). The molecule has 1 aliphatic carbocycles. The van der Waals surface area contributed by atoms with E-state index < -0.39 is 5.54 Å². The first kappa shape index (κ1) is 17.3. The van der Waals surface area contributed by atoms with Gasteiger partial charge in [0.2, 0.25) is 17.6 Å². The number of carbonyl (C=O) groups is 2. The molecule has 0 saturated heterocycles. The number of carbonyl (C=O) groups excluding carboxylic acids is 2. The zero-order chi connectivity index (χ0) is 17.7. The van der Waals surface area contributed by atoms with E-state index in [1.165, 1.54) is 11.3 Å². The molecular formula is C17H20N4O3S. The molecule has 0 bridgehead atoms. The summed E-state index contributed by atoms with van der Waals surface area (Å²) in [6.07, 6.45) is 5.65. The average molecular weight is 360 g/mol. The van der Waals surface area contributed by atoms with E-state index in [-0.39, 0.29) is 18.4 Å². The highest BCUT2D eigenvalue weighted by Crippen LogP contribution is 2.37. The minimum absolute atomic E-state index is 0.113. The van der Waals surface area contributed by atoms with Gasteiger partial charge in [0.05, 0.1) is 11.4 Å². The van der Waals surface area contributed by atoms with Crippen LogP contribution in [0, 0.1) is 0 Å². The Bertz CT molecular complexity index is 748. The van der Waals surface area contributed by atoms with Crippen LogP contribution >= 0.6 is 11.3 Å². The van der Waals surface area contributed by atoms with E-state index in [9.17, 15) is 9.59 Å². The van der Waals surface area contributed by atoms with Gasteiger partial charge in [-0.25, -0.2) is 0 Å². The molecule has 0 unspecified atom stereocenters. The van der Waals surface area contributed by atoms with Crippen molar-refractivity contribution in [1.82, 2.24) is 20.8 Å². The summed E-state index contributed by atoms with van der Waals surface area (Å²) in [6, 6.07) is 3.85. The molecule has 8 heteroatoms. The molecule has 1 aliphatic rings. The lowest BCUT2D eigenvalue weighted by molar-refractivity contribution is -0.126. The highest BCUT2D eigenvalue weighted by atomic mass is 32.1. The maximum atomic E-state index is 12.3. The molecule has 0 spiro atoms. The molecule has 0 aliphatic heterocycles. The van der Waals surface area contributed by atoms with Crippen LogP contribution in [0.1, 0.15) is 38.0 Å². The van der Waals surface area contributed by atoms with Gasteiger partial charge in [0, 0.05) is 0 Å². The normalized spacial score (nSPS) is 16.2. The van der Waals surface area contributed by atoms with Gasteiger partial charge in [0.15, 0.2) is 0 Å². The van der Waals surface area contributed by atoms with Crippen molar-refractivity contribution in [2.24, 2.45) is 0 Å². The van der Waals surface area contributed by atoms with E-state index in [2.05, 4.69) is 27.4 Å². The molecule has 132 valence electrons. The summed E-state index contributed by atoms with van der Waals surface area (Å²) in [4.78, 5) is 29.0. The Morgan fingerprint density at radius 3 is 2.84 bits per heavy atom. The quantitative estimate of drug-likeness (QED) is 0.771. The first-order valence-corrected chi connectivity index (χ1v) is 9.10. The second-order valence-electron chi connectivity index (χ2n) is 6.01. The van der Waals surface area contributed by atoms with Crippen LogP contribution in [0.4, 0.5) is 0 Å². The molecule has 0 atom stereocenters. The van der Waals surface area contributed by atoms with Gasteiger partial charge >= 0.3 is 0 Å². The predicted molar refractivity (Wildman–Crippen MR) is 93.7 cm³/mol. The van der Waals surface area contributed by atoms with Crippen molar-refractivity contribution < 1.29 is 14.1 Å². The lowest BCUT2D eigenvalue weighted by atomic mass is 9.81. The molecule has 25 heavy (non-hydrogen) atoms. The van der Waals surface area contributed by atoms with Crippen molar-refractivity contribution in [2.45, 2.75) is 37.6 Å². The topological polar surface area (TPSA) is 97.1 Å². The van der Waals surface area contributed by atoms with Gasteiger partial charge in [-0.3, -0.25) is 9.59 Å². The number of amides is 2. The highest BCUT2D eigenvalue weighted by Gasteiger charge is 2.40. The van der Waals surface area contributed by atoms with Crippen molar-refractivity contribution >= 4 is 23.2 Å².